The molecular formula is C19H27NO7S2. The zero-order valence-corrected chi connectivity index (χ0v) is 18.3. The van der Waals surface area contributed by atoms with E-state index >= 15 is 0 Å². The van der Waals surface area contributed by atoms with Gasteiger partial charge < -0.3 is 14.2 Å². The minimum absolute atomic E-state index is 0.0584. The van der Waals surface area contributed by atoms with Gasteiger partial charge >= 0.3 is 0 Å². The van der Waals surface area contributed by atoms with Gasteiger partial charge in [-0.05, 0) is 24.6 Å². The summed E-state index contributed by atoms with van der Waals surface area (Å²) in [5.74, 6) is -0.878. The van der Waals surface area contributed by atoms with Crippen LogP contribution in [-0.4, -0.2) is 83.7 Å². The molecule has 29 heavy (non-hydrogen) atoms. The molecule has 4 rings (SSSR count). The molecule has 10 heteroatoms. The molecule has 2 atom stereocenters. The number of methoxy groups -OCH3 is 1. The van der Waals surface area contributed by atoms with Crippen molar-refractivity contribution < 1.29 is 31.0 Å². The molecule has 162 valence electrons. The highest BCUT2D eigenvalue weighted by atomic mass is 32.2. The second kappa shape index (κ2) is 7.49. The van der Waals surface area contributed by atoms with Crippen molar-refractivity contribution in [3.63, 3.8) is 0 Å². The maximum absolute atomic E-state index is 13.5. The van der Waals surface area contributed by atoms with Crippen LogP contribution >= 0.6 is 0 Å². The third kappa shape index (κ3) is 3.93. The predicted molar refractivity (Wildman–Crippen MR) is 107 cm³/mol. The summed E-state index contributed by atoms with van der Waals surface area (Å²) >= 11 is 0. The molecular weight excluding hydrogens is 418 g/mol. The average molecular weight is 446 g/mol. The lowest BCUT2D eigenvalue weighted by atomic mass is 10.0. The first-order valence-corrected chi connectivity index (χ1v) is 13.1. The molecule has 0 aromatic heterocycles. The van der Waals surface area contributed by atoms with Crippen molar-refractivity contribution in [3.05, 3.63) is 23.8 Å². The fourth-order valence-electron chi connectivity index (χ4n) is 4.59. The summed E-state index contributed by atoms with van der Waals surface area (Å²) in [6.07, 6.45) is 1.20. The Morgan fingerprint density at radius 2 is 1.79 bits per heavy atom. The highest BCUT2D eigenvalue weighted by Gasteiger charge is 2.51. The quantitative estimate of drug-likeness (QED) is 0.671. The first kappa shape index (κ1) is 21.0. The summed E-state index contributed by atoms with van der Waals surface area (Å²) < 4.78 is 68.8. The lowest BCUT2D eigenvalue weighted by molar-refractivity contribution is -0.187. The Kier molecular flexibility index (Phi) is 5.44. The Hall–Kier alpha value is -1.20. The molecule has 0 saturated carbocycles. The van der Waals surface area contributed by atoms with Gasteiger partial charge in [0.15, 0.2) is 25.5 Å². The van der Waals surface area contributed by atoms with E-state index in [-0.39, 0.29) is 22.2 Å². The van der Waals surface area contributed by atoms with Gasteiger partial charge in [-0.15, -0.1) is 0 Å². The number of aryl methyl sites for hydroxylation is 1. The maximum Gasteiger partial charge on any atom is 0.187 e. The molecule has 3 fully saturated rings. The van der Waals surface area contributed by atoms with Crippen molar-refractivity contribution in [2.24, 2.45) is 0 Å². The predicted octanol–water partition coefficient (Wildman–Crippen LogP) is 0.782. The van der Waals surface area contributed by atoms with Crippen LogP contribution in [0.25, 0.3) is 0 Å². The number of hydrogen-bond donors (Lipinski definition) is 0. The van der Waals surface area contributed by atoms with Crippen LogP contribution in [0.5, 0.6) is 5.75 Å². The van der Waals surface area contributed by atoms with E-state index < -0.39 is 36.8 Å². The summed E-state index contributed by atoms with van der Waals surface area (Å²) in [7, 11) is -5.96. The van der Waals surface area contributed by atoms with Gasteiger partial charge in [-0.3, -0.25) is 4.90 Å². The molecule has 0 bridgehead atoms. The molecule has 0 radical (unpaired) electrons. The van der Waals surface area contributed by atoms with Crippen molar-refractivity contribution in [2.45, 2.75) is 41.7 Å². The van der Waals surface area contributed by atoms with E-state index in [0.29, 0.717) is 39.1 Å². The van der Waals surface area contributed by atoms with Gasteiger partial charge in [0.2, 0.25) is 0 Å². The van der Waals surface area contributed by atoms with Gasteiger partial charge in [-0.25, -0.2) is 16.8 Å². The molecule has 0 unspecified atom stereocenters. The molecule has 1 aromatic carbocycles. The fraction of sp³-hybridized carbons (Fsp3) is 0.684. The van der Waals surface area contributed by atoms with Crippen molar-refractivity contribution >= 4 is 19.7 Å². The monoisotopic (exact) mass is 445 g/mol. The lowest BCUT2D eigenvalue weighted by Crippen LogP contribution is -2.53. The van der Waals surface area contributed by atoms with E-state index in [0.717, 1.165) is 5.56 Å². The number of benzene rings is 1. The number of hydrogen-bond acceptors (Lipinski definition) is 8. The molecule has 0 amide bonds. The smallest absolute Gasteiger partial charge is 0.187 e. The maximum atomic E-state index is 13.5. The van der Waals surface area contributed by atoms with Crippen LogP contribution in [0, 0.1) is 6.92 Å². The second-order valence-corrected chi connectivity index (χ2v) is 12.3. The number of nitrogens with zero attached hydrogens (tertiary/aromatic N) is 1. The van der Waals surface area contributed by atoms with Crippen LogP contribution in [0.3, 0.4) is 0 Å². The Morgan fingerprint density at radius 3 is 2.41 bits per heavy atom. The lowest BCUT2D eigenvalue weighted by Gasteiger charge is -2.41. The highest BCUT2D eigenvalue weighted by Crippen LogP contribution is 2.37. The van der Waals surface area contributed by atoms with Crippen LogP contribution in [0.1, 0.15) is 18.4 Å². The second-order valence-electron chi connectivity index (χ2n) is 8.03. The average Bonchev–Trinajstić information content (AvgIpc) is 3.27. The first-order valence-electron chi connectivity index (χ1n) is 9.77. The van der Waals surface area contributed by atoms with Gasteiger partial charge in [0, 0.05) is 32.0 Å². The molecule has 0 N–H and O–H groups in total. The minimum Gasteiger partial charge on any atom is -0.495 e. The molecule has 3 saturated heterocycles. The Bertz CT molecular complexity index is 974. The van der Waals surface area contributed by atoms with Crippen LogP contribution in [-0.2, 0) is 29.1 Å². The molecule has 3 aliphatic rings. The first-order chi connectivity index (χ1) is 13.7. The number of ether oxygens (including phenoxy) is 3. The number of likely N-dealkylation sites (tertiary alicyclic amines) is 1. The summed E-state index contributed by atoms with van der Waals surface area (Å²) in [5, 5.41) is -1.03. The van der Waals surface area contributed by atoms with Gasteiger partial charge in [-0.2, -0.15) is 0 Å². The SMILES string of the molecule is COc1ccc(C)cc1S(=O)(=O)[C@H]1CS(=O)(=O)C[C@H]1N1CCC2(CC1)OCCO2. The van der Waals surface area contributed by atoms with E-state index in [1.165, 1.54) is 7.11 Å². The van der Waals surface area contributed by atoms with Crippen LogP contribution < -0.4 is 4.74 Å². The minimum atomic E-state index is -3.91. The normalized spacial score (nSPS) is 29.3. The van der Waals surface area contributed by atoms with Crippen molar-refractivity contribution in [2.75, 3.05) is 44.9 Å². The van der Waals surface area contributed by atoms with Crippen LogP contribution in [0.2, 0.25) is 0 Å². The van der Waals surface area contributed by atoms with E-state index in [4.69, 9.17) is 14.2 Å². The topological polar surface area (TPSA) is 99.2 Å². The summed E-state index contributed by atoms with van der Waals surface area (Å²) in [5.41, 5.74) is 0.775. The molecule has 3 aliphatic heterocycles. The summed E-state index contributed by atoms with van der Waals surface area (Å²) in [6.45, 7) is 3.99. The Balaban J connectivity index is 1.64. The number of rotatable bonds is 4. The van der Waals surface area contributed by atoms with Crippen LogP contribution in [0.15, 0.2) is 23.1 Å². The Labute approximate surface area is 172 Å². The van der Waals surface area contributed by atoms with E-state index in [9.17, 15) is 16.8 Å². The van der Waals surface area contributed by atoms with Gasteiger partial charge in [0.25, 0.3) is 0 Å². The molecule has 0 aliphatic carbocycles. The summed E-state index contributed by atoms with van der Waals surface area (Å²) in [6, 6.07) is 4.35. The molecule has 3 heterocycles. The molecule has 1 spiro atoms. The number of sulfone groups is 2. The van der Waals surface area contributed by atoms with Gasteiger partial charge in [-0.1, -0.05) is 6.07 Å². The van der Waals surface area contributed by atoms with E-state index in [1.807, 2.05) is 4.90 Å². The number of piperidine rings is 1. The highest BCUT2D eigenvalue weighted by molar-refractivity contribution is 7.96. The fourth-order valence-corrected chi connectivity index (χ4v) is 9.66. The van der Waals surface area contributed by atoms with Crippen molar-refractivity contribution in [1.82, 2.24) is 4.90 Å². The third-order valence-electron chi connectivity index (χ3n) is 6.14. The van der Waals surface area contributed by atoms with Gasteiger partial charge in [0.05, 0.1) is 37.1 Å². The molecule has 1 aromatic rings. The van der Waals surface area contributed by atoms with E-state index in [2.05, 4.69) is 0 Å². The Morgan fingerprint density at radius 1 is 1.14 bits per heavy atom. The van der Waals surface area contributed by atoms with Crippen LogP contribution in [0.4, 0.5) is 0 Å². The standard InChI is InChI=1S/C19H27NO7S2/c1-14-3-4-16(25-2)17(11-14)29(23,24)18-13-28(21,22)12-15(18)20-7-5-19(6-8-20)26-9-10-27-19/h3-4,11,15,18H,5-10,12-13H2,1-2H3/t15-,18+/m1/s1. The largest absolute Gasteiger partial charge is 0.495 e. The van der Waals surface area contributed by atoms with Gasteiger partial charge in [0.1, 0.15) is 10.6 Å². The zero-order chi connectivity index (χ0) is 20.9. The molecule has 8 nitrogen and oxygen atoms in total. The third-order valence-corrected chi connectivity index (χ3v) is 10.3. The van der Waals surface area contributed by atoms with Crippen molar-refractivity contribution in [3.8, 4) is 5.75 Å². The summed E-state index contributed by atoms with van der Waals surface area (Å²) in [4.78, 5) is 2.04. The zero-order valence-electron chi connectivity index (χ0n) is 16.7. The van der Waals surface area contributed by atoms with E-state index in [1.54, 1.807) is 25.1 Å². The van der Waals surface area contributed by atoms with Crippen molar-refractivity contribution in [1.29, 1.82) is 0 Å².